The lowest BCUT2D eigenvalue weighted by Crippen LogP contribution is -2.24. The Morgan fingerprint density at radius 1 is 1.41 bits per heavy atom. The predicted molar refractivity (Wildman–Crippen MR) is 77.0 cm³/mol. The summed E-state index contributed by atoms with van der Waals surface area (Å²) in [5, 5.41) is 6.75. The standard InChI is InChI=1S/C13H25N3S/c1-5-8-9-16(7-3)13-15-12(10-17-13)11(4)14-6-2/h10-11,14H,5-9H2,1-4H3. The molecule has 0 aliphatic rings. The van der Waals surface area contributed by atoms with E-state index >= 15 is 0 Å². The summed E-state index contributed by atoms with van der Waals surface area (Å²) in [7, 11) is 0. The van der Waals surface area contributed by atoms with E-state index in [2.05, 4.69) is 43.3 Å². The molecule has 1 aromatic rings. The van der Waals surface area contributed by atoms with Gasteiger partial charge in [-0.05, 0) is 26.8 Å². The van der Waals surface area contributed by atoms with E-state index in [1.807, 2.05) is 0 Å². The molecule has 1 heterocycles. The zero-order valence-corrected chi connectivity index (χ0v) is 12.3. The quantitative estimate of drug-likeness (QED) is 0.771. The molecule has 0 amide bonds. The molecule has 0 spiro atoms. The monoisotopic (exact) mass is 255 g/mol. The fraction of sp³-hybridized carbons (Fsp3) is 0.769. The first-order valence-electron chi connectivity index (χ1n) is 6.66. The van der Waals surface area contributed by atoms with Gasteiger partial charge in [-0.3, -0.25) is 0 Å². The summed E-state index contributed by atoms with van der Waals surface area (Å²) in [6.45, 7) is 11.9. The van der Waals surface area contributed by atoms with Gasteiger partial charge in [0.05, 0.1) is 5.69 Å². The Hall–Kier alpha value is -0.610. The Labute approximate surface area is 109 Å². The van der Waals surface area contributed by atoms with Crippen LogP contribution in [0, 0.1) is 0 Å². The molecular weight excluding hydrogens is 230 g/mol. The maximum Gasteiger partial charge on any atom is 0.185 e. The topological polar surface area (TPSA) is 28.2 Å². The van der Waals surface area contributed by atoms with Crippen molar-refractivity contribution in [3.63, 3.8) is 0 Å². The number of thiazole rings is 1. The van der Waals surface area contributed by atoms with Gasteiger partial charge in [-0.25, -0.2) is 4.98 Å². The van der Waals surface area contributed by atoms with Gasteiger partial charge in [0.15, 0.2) is 5.13 Å². The fourth-order valence-corrected chi connectivity index (χ4v) is 2.78. The molecule has 17 heavy (non-hydrogen) atoms. The summed E-state index contributed by atoms with van der Waals surface area (Å²) in [4.78, 5) is 7.11. The van der Waals surface area contributed by atoms with E-state index in [0.29, 0.717) is 6.04 Å². The molecule has 0 radical (unpaired) electrons. The van der Waals surface area contributed by atoms with E-state index in [4.69, 9.17) is 4.98 Å². The van der Waals surface area contributed by atoms with Crippen LogP contribution in [0.1, 0.15) is 52.3 Å². The number of hydrogen-bond acceptors (Lipinski definition) is 4. The van der Waals surface area contributed by atoms with Gasteiger partial charge in [0.25, 0.3) is 0 Å². The van der Waals surface area contributed by atoms with Crippen molar-refractivity contribution < 1.29 is 0 Å². The van der Waals surface area contributed by atoms with E-state index in [0.717, 1.165) is 19.6 Å². The lowest BCUT2D eigenvalue weighted by molar-refractivity contribution is 0.585. The van der Waals surface area contributed by atoms with Crippen molar-refractivity contribution in [2.75, 3.05) is 24.5 Å². The maximum atomic E-state index is 4.73. The van der Waals surface area contributed by atoms with Crippen molar-refractivity contribution >= 4 is 16.5 Å². The molecule has 0 saturated carbocycles. The van der Waals surface area contributed by atoms with E-state index in [1.165, 1.54) is 23.7 Å². The Morgan fingerprint density at radius 3 is 2.76 bits per heavy atom. The molecule has 0 aromatic carbocycles. The van der Waals surface area contributed by atoms with Crippen LogP contribution in [0.5, 0.6) is 0 Å². The molecule has 0 aliphatic heterocycles. The Kier molecular flexibility index (Phi) is 6.52. The SMILES string of the molecule is CCCCN(CC)c1nc(C(C)NCC)cs1. The summed E-state index contributed by atoms with van der Waals surface area (Å²) in [5.74, 6) is 0. The molecule has 1 N–H and O–H groups in total. The summed E-state index contributed by atoms with van der Waals surface area (Å²) in [5.41, 5.74) is 1.17. The van der Waals surface area contributed by atoms with Gasteiger partial charge in [0.1, 0.15) is 0 Å². The van der Waals surface area contributed by atoms with Gasteiger partial charge in [-0.1, -0.05) is 20.3 Å². The summed E-state index contributed by atoms with van der Waals surface area (Å²) < 4.78 is 0. The molecule has 98 valence electrons. The molecule has 1 aromatic heterocycles. The van der Waals surface area contributed by atoms with Crippen LogP contribution in [0.3, 0.4) is 0 Å². The lowest BCUT2D eigenvalue weighted by atomic mass is 10.2. The number of anilines is 1. The number of nitrogens with one attached hydrogen (secondary N) is 1. The first kappa shape index (κ1) is 14.5. The first-order valence-corrected chi connectivity index (χ1v) is 7.54. The smallest absolute Gasteiger partial charge is 0.185 e. The van der Waals surface area contributed by atoms with E-state index in [-0.39, 0.29) is 0 Å². The third-order valence-corrected chi connectivity index (χ3v) is 3.82. The van der Waals surface area contributed by atoms with Gasteiger partial charge in [0.2, 0.25) is 0 Å². The van der Waals surface area contributed by atoms with Gasteiger partial charge >= 0.3 is 0 Å². The van der Waals surface area contributed by atoms with Crippen LogP contribution in [0.4, 0.5) is 5.13 Å². The van der Waals surface area contributed by atoms with E-state index in [9.17, 15) is 0 Å². The molecule has 0 bridgehead atoms. The van der Waals surface area contributed by atoms with Crippen molar-refractivity contribution in [3.05, 3.63) is 11.1 Å². The highest BCUT2D eigenvalue weighted by Crippen LogP contribution is 2.24. The second kappa shape index (κ2) is 7.67. The highest BCUT2D eigenvalue weighted by Gasteiger charge is 2.12. The zero-order chi connectivity index (χ0) is 12.7. The highest BCUT2D eigenvalue weighted by molar-refractivity contribution is 7.13. The minimum Gasteiger partial charge on any atom is -0.348 e. The summed E-state index contributed by atoms with van der Waals surface area (Å²) in [6.07, 6.45) is 2.48. The van der Waals surface area contributed by atoms with Crippen molar-refractivity contribution in [1.29, 1.82) is 0 Å². The second-order valence-electron chi connectivity index (χ2n) is 4.27. The van der Waals surface area contributed by atoms with Crippen LogP contribution in [-0.2, 0) is 0 Å². The molecule has 1 atom stereocenters. The Bertz CT molecular complexity index is 311. The average molecular weight is 255 g/mol. The highest BCUT2D eigenvalue weighted by atomic mass is 32.1. The fourth-order valence-electron chi connectivity index (χ4n) is 1.77. The molecule has 0 fully saturated rings. The van der Waals surface area contributed by atoms with Crippen LogP contribution >= 0.6 is 11.3 Å². The third-order valence-electron chi connectivity index (χ3n) is 2.90. The van der Waals surface area contributed by atoms with Gasteiger partial charge in [-0.2, -0.15) is 0 Å². The van der Waals surface area contributed by atoms with Crippen LogP contribution in [0.15, 0.2) is 5.38 Å². The Morgan fingerprint density at radius 2 is 2.18 bits per heavy atom. The van der Waals surface area contributed by atoms with Gasteiger partial charge in [-0.15, -0.1) is 11.3 Å². The first-order chi connectivity index (χ1) is 8.22. The number of rotatable bonds is 8. The summed E-state index contributed by atoms with van der Waals surface area (Å²) in [6, 6.07) is 0.356. The Balaban J connectivity index is 2.64. The van der Waals surface area contributed by atoms with Crippen molar-refractivity contribution in [2.45, 2.75) is 46.6 Å². The number of unbranched alkanes of at least 4 members (excludes halogenated alkanes) is 1. The lowest BCUT2D eigenvalue weighted by Gasteiger charge is -2.19. The van der Waals surface area contributed by atoms with Crippen molar-refractivity contribution in [3.8, 4) is 0 Å². The average Bonchev–Trinajstić information content (AvgIpc) is 2.80. The molecular formula is C13H25N3S. The molecule has 0 aliphatic carbocycles. The maximum absolute atomic E-state index is 4.73. The minimum absolute atomic E-state index is 0.356. The molecule has 3 nitrogen and oxygen atoms in total. The molecule has 1 rings (SSSR count). The van der Waals surface area contributed by atoms with E-state index < -0.39 is 0 Å². The van der Waals surface area contributed by atoms with Crippen molar-refractivity contribution in [2.24, 2.45) is 0 Å². The molecule has 4 heteroatoms. The number of nitrogens with zero attached hydrogens (tertiary/aromatic N) is 2. The third kappa shape index (κ3) is 4.28. The largest absolute Gasteiger partial charge is 0.348 e. The predicted octanol–water partition coefficient (Wildman–Crippen LogP) is 3.44. The van der Waals surface area contributed by atoms with Crippen molar-refractivity contribution in [1.82, 2.24) is 10.3 Å². The van der Waals surface area contributed by atoms with Gasteiger partial charge in [0, 0.05) is 24.5 Å². The normalized spacial score (nSPS) is 12.7. The minimum atomic E-state index is 0.356. The van der Waals surface area contributed by atoms with E-state index in [1.54, 1.807) is 11.3 Å². The van der Waals surface area contributed by atoms with Crippen LogP contribution < -0.4 is 10.2 Å². The molecule has 0 saturated heterocycles. The molecule has 1 unspecified atom stereocenters. The second-order valence-corrected chi connectivity index (χ2v) is 5.10. The summed E-state index contributed by atoms with van der Waals surface area (Å²) >= 11 is 1.76. The van der Waals surface area contributed by atoms with Gasteiger partial charge < -0.3 is 10.2 Å². The van der Waals surface area contributed by atoms with Crippen LogP contribution in [-0.4, -0.2) is 24.6 Å². The number of hydrogen-bond donors (Lipinski definition) is 1. The zero-order valence-electron chi connectivity index (χ0n) is 11.5. The van der Waals surface area contributed by atoms with Crippen LogP contribution in [0.2, 0.25) is 0 Å². The number of aromatic nitrogens is 1. The van der Waals surface area contributed by atoms with Crippen LogP contribution in [0.25, 0.3) is 0 Å².